The lowest BCUT2D eigenvalue weighted by Crippen LogP contribution is -2.11. The number of primary amides is 1. The zero-order chi connectivity index (χ0) is 14.3. The van der Waals surface area contributed by atoms with Crippen LogP contribution in [0.2, 0.25) is 0 Å². The van der Waals surface area contributed by atoms with Crippen molar-refractivity contribution in [1.82, 2.24) is 0 Å². The molecule has 1 amide bonds. The predicted octanol–water partition coefficient (Wildman–Crippen LogP) is 1.55. The molecule has 0 aliphatic carbocycles. The quantitative estimate of drug-likeness (QED) is 0.709. The summed E-state index contributed by atoms with van der Waals surface area (Å²) >= 11 is 0. The van der Waals surface area contributed by atoms with Crippen molar-refractivity contribution in [2.24, 2.45) is 5.73 Å². The summed E-state index contributed by atoms with van der Waals surface area (Å²) in [5, 5.41) is 3.17. The molecular formula is C13H20N2O3S. The van der Waals surface area contributed by atoms with Gasteiger partial charge in [-0.05, 0) is 37.1 Å². The molecule has 0 bridgehead atoms. The van der Waals surface area contributed by atoms with Crippen molar-refractivity contribution in [3.63, 3.8) is 0 Å². The van der Waals surface area contributed by atoms with E-state index < -0.39 is 9.84 Å². The van der Waals surface area contributed by atoms with Crippen LogP contribution < -0.4 is 11.1 Å². The Morgan fingerprint density at radius 1 is 1.21 bits per heavy atom. The van der Waals surface area contributed by atoms with Crippen molar-refractivity contribution >= 4 is 21.4 Å². The third kappa shape index (κ3) is 5.30. The third-order valence-corrected chi connectivity index (χ3v) is 4.52. The molecule has 3 N–H and O–H groups in total. The van der Waals surface area contributed by atoms with Crippen LogP contribution >= 0.6 is 0 Å². The number of hydrogen-bond donors (Lipinski definition) is 2. The van der Waals surface area contributed by atoms with E-state index in [4.69, 9.17) is 5.73 Å². The van der Waals surface area contributed by atoms with Gasteiger partial charge in [0.25, 0.3) is 0 Å². The van der Waals surface area contributed by atoms with Gasteiger partial charge in [-0.25, -0.2) is 8.42 Å². The van der Waals surface area contributed by atoms with Gasteiger partial charge in [-0.2, -0.15) is 0 Å². The molecule has 0 fully saturated rings. The molecule has 0 aliphatic heterocycles. The van der Waals surface area contributed by atoms with E-state index in [1.54, 1.807) is 31.2 Å². The molecule has 1 rings (SSSR count). The number of amides is 1. The number of rotatable bonds is 8. The molecule has 0 heterocycles. The van der Waals surface area contributed by atoms with E-state index in [0.717, 1.165) is 25.1 Å². The van der Waals surface area contributed by atoms with E-state index in [-0.39, 0.29) is 11.7 Å². The normalized spacial score (nSPS) is 11.2. The second-order valence-electron chi connectivity index (χ2n) is 4.28. The number of anilines is 1. The van der Waals surface area contributed by atoms with Crippen molar-refractivity contribution in [2.75, 3.05) is 17.6 Å². The maximum absolute atomic E-state index is 11.6. The summed E-state index contributed by atoms with van der Waals surface area (Å²) in [6.45, 7) is 2.35. The van der Waals surface area contributed by atoms with E-state index >= 15 is 0 Å². The Labute approximate surface area is 114 Å². The summed E-state index contributed by atoms with van der Waals surface area (Å²) in [6.07, 6.45) is 2.00. The number of benzene rings is 1. The maximum Gasteiger partial charge on any atom is 0.217 e. The van der Waals surface area contributed by atoms with Gasteiger partial charge in [-0.1, -0.05) is 6.92 Å². The van der Waals surface area contributed by atoms with Gasteiger partial charge in [0.1, 0.15) is 0 Å². The summed E-state index contributed by atoms with van der Waals surface area (Å²) < 4.78 is 23.2. The smallest absolute Gasteiger partial charge is 0.217 e. The van der Waals surface area contributed by atoms with Crippen LogP contribution in [0, 0.1) is 0 Å². The van der Waals surface area contributed by atoms with E-state index in [2.05, 4.69) is 5.32 Å². The van der Waals surface area contributed by atoms with Gasteiger partial charge >= 0.3 is 0 Å². The van der Waals surface area contributed by atoms with Crippen molar-refractivity contribution < 1.29 is 13.2 Å². The van der Waals surface area contributed by atoms with Crippen LogP contribution in [0.1, 0.15) is 26.2 Å². The van der Waals surface area contributed by atoms with Gasteiger partial charge in [0.2, 0.25) is 5.91 Å². The minimum absolute atomic E-state index is 0.104. The largest absolute Gasteiger partial charge is 0.385 e. The number of unbranched alkanes of at least 4 members (excludes halogenated alkanes) is 1. The molecule has 0 aliphatic rings. The fraction of sp³-hybridized carbons (Fsp3) is 0.462. The summed E-state index contributed by atoms with van der Waals surface area (Å²) in [6, 6.07) is 6.70. The first-order chi connectivity index (χ1) is 8.95. The third-order valence-electron chi connectivity index (χ3n) is 2.77. The van der Waals surface area contributed by atoms with Crippen LogP contribution in [0.3, 0.4) is 0 Å². The Kier molecular flexibility index (Phi) is 5.82. The Hall–Kier alpha value is -1.56. The van der Waals surface area contributed by atoms with Crippen LogP contribution in [0.25, 0.3) is 0 Å². The SMILES string of the molecule is CCS(=O)(=O)c1ccc(NCCCCC(N)=O)cc1. The fourth-order valence-corrected chi connectivity index (χ4v) is 2.49. The van der Waals surface area contributed by atoms with Crippen molar-refractivity contribution in [3.8, 4) is 0 Å². The highest BCUT2D eigenvalue weighted by Crippen LogP contribution is 2.15. The lowest BCUT2D eigenvalue weighted by atomic mass is 10.2. The lowest BCUT2D eigenvalue weighted by Gasteiger charge is -2.07. The highest BCUT2D eigenvalue weighted by Gasteiger charge is 2.10. The number of sulfone groups is 1. The van der Waals surface area contributed by atoms with Crippen LogP contribution in [-0.2, 0) is 14.6 Å². The molecule has 1 aromatic carbocycles. The van der Waals surface area contributed by atoms with Crippen LogP contribution in [0.15, 0.2) is 29.2 Å². The maximum atomic E-state index is 11.6. The van der Waals surface area contributed by atoms with Gasteiger partial charge in [0.05, 0.1) is 10.6 Å². The zero-order valence-corrected chi connectivity index (χ0v) is 11.9. The lowest BCUT2D eigenvalue weighted by molar-refractivity contribution is -0.118. The molecule has 106 valence electrons. The summed E-state index contributed by atoms with van der Waals surface area (Å²) in [7, 11) is -3.13. The monoisotopic (exact) mass is 284 g/mol. The molecule has 0 saturated carbocycles. The number of carbonyl (C=O) groups excluding carboxylic acids is 1. The van der Waals surface area contributed by atoms with Crippen LogP contribution in [0.4, 0.5) is 5.69 Å². The zero-order valence-electron chi connectivity index (χ0n) is 11.1. The van der Waals surface area contributed by atoms with Gasteiger partial charge < -0.3 is 11.1 Å². The Bertz CT molecular complexity index is 509. The van der Waals surface area contributed by atoms with Crippen molar-refractivity contribution in [3.05, 3.63) is 24.3 Å². The molecule has 0 aromatic heterocycles. The molecule has 1 aromatic rings. The standard InChI is InChI=1S/C13H20N2O3S/c1-2-19(17,18)12-8-6-11(7-9-12)15-10-4-3-5-13(14)16/h6-9,15H,2-5,10H2,1H3,(H2,14,16). The average molecular weight is 284 g/mol. The van der Waals surface area contributed by atoms with Gasteiger partial charge in [-0.3, -0.25) is 4.79 Å². The van der Waals surface area contributed by atoms with Crippen LogP contribution in [-0.4, -0.2) is 26.6 Å². The first-order valence-electron chi connectivity index (χ1n) is 6.30. The number of nitrogens with one attached hydrogen (secondary N) is 1. The molecule has 5 nitrogen and oxygen atoms in total. The fourth-order valence-electron chi connectivity index (χ4n) is 1.60. The van der Waals surface area contributed by atoms with Crippen molar-refractivity contribution in [2.45, 2.75) is 31.1 Å². The molecule has 0 atom stereocenters. The first-order valence-corrected chi connectivity index (χ1v) is 7.96. The van der Waals surface area contributed by atoms with Crippen molar-refractivity contribution in [1.29, 1.82) is 0 Å². The molecular weight excluding hydrogens is 264 g/mol. The summed E-state index contributed by atoms with van der Waals surface area (Å²) in [5.74, 6) is -0.179. The predicted molar refractivity (Wildman–Crippen MR) is 75.7 cm³/mol. The second-order valence-corrected chi connectivity index (χ2v) is 6.56. The van der Waals surface area contributed by atoms with Gasteiger partial charge in [0.15, 0.2) is 9.84 Å². The minimum atomic E-state index is -3.13. The Morgan fingerprint density at radius 3 is 2.37 bits per heavy atom. The average Bonchev–Trinajstić information content (AvgIpc) is 2.38. The highest BCUT2D eigenvalue weighted by molar-refractivity contribution is 7.91. The minimum Gasteiger partial charge on any atom is -0.385 e. The van der Waals surface area contributed by atoms with E-state index in [1.165, 1.54) is 0 Å². The summed E-state index contributed by atoms with van der Waals surface area (Å²) in [4.78, 5) is 10.9. The van der Waals surface area contributed by atoms with E-state index in [0.29, 0.717) is 11.3 Å². The molecule has 0 spiro atoms. The van der Waals surface area contributed by atoms with E-state index in [1.807, 2.05) is 0 Å². The Balaban J connectivity index is 2.43. The van der Waals surface area contributed by atoms with Crippen LogP contribution in [0.5, 0.6) is 0 Å². The molecule has 6 heteroatoms. The first kappa shape index (κ1) is 15.5. The number of hydrogen-bond acceptors (Lipinski definition) is 4. The molecule has 0 saturated heterocycles. The Morgan fingerprint density at radius 2 is 1.84 bits per heavy atom. The molecule has 0 unspecified atom stereocenters. The summed E-state index contributed by atoms with van der Waals surface area (Å²) in [5.41, 5.74) is 5.91. The number of nitrogens with two attached hydrogens (primary N) is 1. The van der Waals surface area contributed by atoms with Gasteiger partial charge in [-0.15, -0.1) is 0 Å². The molecule has 0 radical (unpaired) electrons. The molecule has 19 heavy (non-hydrogen) atoms. The second kappa shape index (κ2) is 7.13. The van der Waals surface area contributed by atoms with Gasteiger partial charge in [0, 0.05) is 18.7 Å². The topological polar surface area (TPSA) is 89.3 Å². The highest BCUT2D eigenvalue weighted by atomic mass is 32.2. The van der Waals surface area contributed by atoms with E-state index in [9.17, 15) is 13.2 Å². The number of carbonyl (C=O) groups is 1.